The average molecular weight is 627 g/mol. The minimum absolute atomic E-state index is 0.00866. The van der Waals surface area contributed by atoms with E-state index in [1.807, 2.05) is 24.8 Å². The molecular formula is C33H47FN6O3S. The van der Waals surface area contributed by atoms with Crippen molar-refractivity contribution in [3.05, 3.63) is 58.9 Å². The van der Waals surface area contributed by atoms with Crippen molar-refractivity contribution in [3.63, 3.8) is 0 Å². The molecule has 4 heterocycles. The number of sulfonamides is 1. The van der Waals surface area contributed by atoms with Gasteiger partial charge in [0.2, 0.25) is 10.0 Å². The Morgan fingerprint density at radius 3 is 2.23 bits per heavy atom. The molecule has 0 bridgehead atoms. The molecule has 9 nitrogen and oxygen atoms in total. The maximum Gasteiger partial charge on any atom is 0.257 e. The molecule has 44 heavy (non-hydrogen) atoms. The number of nitrogens with zero attached hydrogens (tertiary/aromatic N) is 6. The number of aromatic nitrogens is 2. The van der Waals surface area contributed by atoms with Crippen molar-refractivity contribution in [2.24, 2.45) is 5.92 Å². The lowest BCUT2D eigenvalue weighted by Crippen LogP contribution is -2.63. The molecule has 0 spiro atoms. The first kappa shape index (κ1) is 31.5. The van der Waals surface area contributed by atoms with Gasteiger partial charge >= 0.3 is 0 Å². The second-order valence-corrected chi connectivity index (χ2v) is 15.9. The number of carbonyl (C=O) groups excluding carboxylic acids is 1. The number of hydrogen-bond donors (Lipinski definition) is 0. The lowest BCUT2D eigenvalue weighted by molar-refractivity contribution is -0.0422. The maximum atomic E-state index is 14.5. The molecule has 6 rings (SSSR count). The zero-order valence-electron chi connectivity index (χ0n) is 26.6. The Kier molecular flexibility index (Phi) is 8.86. The number of likely N-dealkylation sites (tertiary alicyclic amines) is 1. The number of aryl methyl sites for hydroxylation is 2. The van der Waals surface area contributed by atoms with E-state index in [9.17, 15) is 17.6 Å². The smallest absolute Gasteiger partial charge is 0.257 e. The first-order valence-corrected chi connectivity index (χ1v) is 17.8. The summed E-state index contributed by atoms with van der Waals surface area (Å²) >= 11 is 0. The standard InChI is InChI=1S/C33H47FN6O3S/c1-23-21-38(33(4)12-16-37(17-13-33)32(41)30-24(2)35-22-36-25(30)3)18-19-40(23)31(27-6-5-7-28(34)20-27)26-10-14-39(15-11-26)44(42,43)29-8-9-29/h5-7,20,22-23,26,29,31H,8-19,21H2,1-4H3/t23-,31-/m0/s1. The summed E-state index contributed by atoms with van der Waals surface area (Å²) in [5, 5.41) is -0.182. The molecule has 1 aromatic carbocycles. The van der Waals surface area contributed by atoms with Crippen molar-refractivity contribution < 1.29 is 17.6 Å². The molecule has 0 N–H and O–H groups in total. The van der Waals surface area contributed by atoms with E-state index in [2.05, 4.69) is 33.6 Å². The van der Waals surface area contributed by atoms with Crippen molar-refractivity contribution in [1.82, 2.24) is 29.0 Å². The molecule has 1 aliphatic carbocycles. The number of hydrogen-bond acceptors (Lipinski definition) is 7. The molecule has 4 fully saturated rings. The van der Waals surface area contributed by atoms with Crippen molar-refractivity contribution in [2.75, 3.05) is 45.8 Å². The van der Waals surface area contributed by atoms with E-state index in [0.717, 1.165) is 75.1 Å². The van der Waals surface area contributed by atoms with Crippen LogP contribution in [-0.4, -0.2) is 106 Å². The molecule has 3 aliphatic heterocycles. The summed E-state index contributed by atoms with van der Waals surface area (Å²) in [6.07, 6.45) is 6.45. The van der Waals surface area contributed by atoms with Crippen LogP contribution >= 0.6 is 0 Å². The van der Waals surface area contributed by atoms with Crippen LogP contribution in [0.25, 0.3) is 0 Å². The van der Waals surface area contributed by atoms with Crippen LogP contribution in [-0.2, 0) is 10.0 Å². The molecule has 240 valence electrons. The molecule has 11 heteroatoms. The van der Waals surface area contributed by atoms with Gasteiger partial charge in [-0.1, -0.05) is 12.1 Å². The zero-order chi connectivity index (χ0) is 31.2. The van der Waals surface area contributed by atoms with Gasteiger partial charge in [-0.15, -0.1) is 0 Å². The van der Waals surface area contributed by atoms with Gasteiger partial charge in [0.15, 0.2) is 0 Å². The highest BCUT2D eigenvalue weighted by Gasteiger charge is 2.45. The van der Waals surface area contributed by atoms with Gasteiger partial charge in [0.05, 0.1) is 22.2 Å². The number of amides is 1. The normalized spacial score (nSPS) is 25.2. The zero-order valence-corrected chi connectivity index (χ0v) is 27.4. The summed E-state index contributed by atoms with van der Waals surface area (Å²) in [6, 6.07) is 7.29. The lowest BCUT2D eigenvalue weighted by Gasteiger charge is -2.54. The highest BCUT2D eigenvalue weighted by Crippen LogP contribution is 2.41. The Balaban J connectivity index is 1.12. The minimum Gasteiger partial charge on any atom is -0.338 e. The second kappa shape index (κ2) is 12.4. The van der Waals surface area contributed by atoms with Gasteiger partial charge in [-0.25, -0.2) is 27.1 Å². The lowest BCUT2D eigenvalue weighted by atomic mass is 9.82. The van der Waals surface area contributed by atoms with E-state index in [1.165, 1.54) is 12.4 Å². The predicted molar refractivity (Wildman–Crippen MR) is 168 cm³/mol. The van der Waals surface area contributed by atoms with Crippen LogP contribution in [0.3, 0.4) is 0 Å². The fraction of sp³-hybridized carbons (Fsp3) is 0.667. The Hall–Kier alpha value is -2.47. The van der Waals surface area contributed by atoms with E-state index >= 15 is 0 Å². The van der Waals surface area contributed by atoms with Crippen LogP contribution in [0.5, 0.6) is 0 Å². The van der Waals surface area contributed by atoms with Gasteiger partial charge in [0.1, 0.15) is 12.1 Å². The average Bonchev–Trinajstić information content (AvgIpc) is 3.85. The molecule has 2 atom stereocenters. The third kappa shape index (κ3) is 6.17. The van der Waals surface area contributed by atoms with Gasteiger partial charge in [0.25, 0.3) is 5.91 Å². The Morgan fingerprint density at radius 1 is 0.977 bits per heavy atom. The van der Waals surface area contributed by atoms with E-state index in [1.54, 1.807) is 16.4 Å². The van der Waals surface area contributed by atoms with Crippen molar-refractivity contribution >= 4 is 15.9 Å². The number of benzene rings is 1. The molecule has 0 radical (unpaired) electrons. The molecule has 1 saturated carbocycles. The molecular weight excluding hydrogens is 579 g/mol. The Labute approximate surface area is 261 Å². The third-order valence-electron chi connectivity index (χ3n) is 10.8. The highest BCUT2D eigenvalue weighted by atomic mass is 32.2. The predicted octanol–water partition coefficient (Wildman–Crippen LogP) is 4.18. The monoisotopic (exact) mass is 626 g/mol. The van der Waals surface area contributed by atoms with Crippen LogP contribution in [0.4, 0.5) is 4.39 Å². The summed E-state index contributed by atoms with van der Waals surface area (Å²) < 4.78 is 42.0. The molecule has 1 amide bonds. The van der Waals surface area contributed by atoms with Crippen molar-refractivity contribution in [3.8, 4) is 0 Å². The topological polar surface area (TPSA) is 90.0 Å². The molecule has 3 saturated heterocycles. The Morgan fingerprint density at radius 2 is 1.64 bits per heavy atom. The van der Waals surface area contributed by atoms with Crippen LogP contribution in [0.1, 0.15) is 85.7 Å². The van der Waals surface area contributed by atoms with Crippen LogP contribution in [0.2, 0.25) is 0 Å². The molecule has 1 aromatic heterocycles. The quantitative estimate of drug-likeness (QED) is 0.456. The fourth-order valence-electron chi connectivity index (χ4n) is 7.89. The summed E-state index contributed by atoms with van der Waals surface area (Å²) in [4.78, 5) is 29.0. The summed E-state index contributed by atoms with van der Waals surface area (Å²) in [5.41, 5.74) is 3.05. The number of rotatable bonds is 7. The van der Waals surface area contributed by atoms with E-state index in [0.29, 0.717) is 31.7 Å². The van der Waals surface area contributed by atoms with Gasteiger partial charge in [-0.3, -0.25) is 14.6 Å². The number of halogens is 1. The third-order valence-corrected chi connectivity index (χ3v) is 13.2. The largest absolute Gasteiger partial charge is 0.338 e. The summed E-state index contributed by atoms with van der Waals surface area (Å²) in [5.74, 6) is 0.0544. The van der Waals surface area contributed by atoms with Crippen LogP contribution in [0.15, 0.2) is 30.6 Å². The Bertz CT molecular complexity index is 1450. The van der Waals surface area contributed by atoms with E-state index < -0.39 is 10.0 Å². The van der Waals surface area contributed by atoms with Crippen LogP contribution < -0.4 is 0 Å². The second-order valence-electron chi connectivity index (χ2n) is 13.7. The molecule has 4 aliphatic rings. The number of piperidine rings is 2. The number of piperazine rings is 1. The maximum absolute atomic E-state index is 14.5. The van der Waals surface area contributed by atoms with Gasteiger partial charge in [0, 0.05) is 63.4 Å². The van der Waals surface area contributed by atoms with Gasteiger partial charge in [-0.2, -0.15) is 0 Å². The summed E-state index contributed by atoms with van der Waals surface area (Å²) in [6.45, 7) is 13.5. The summed E-state index contributed by atoms with van der Waals surface area (Å²) in [7, 11) is -3.18. The first-order chi connectivity index (χ1) is 21.0. The highest BCUT2D eigenvalue weighted by molar-refractivity contribution is 7.90. The van der Waals surface area contributed by atoms with Crippen molar-refractivity contribution in [1.29, 1.82) is 0 Å². The SMILES string of the molecule is Cc1ncnc(C)c1C(=O)N1CCC(C)(N2CCN([C@H](c3cccc(F)c3)C3CCN(S(=O)(=O)C4CC4)CC3)[C@@H](C)C2)CC1. The first-order valence-electron chi connectivity index (χ1n) is 16.3. The van der Waals surface area contributed by atoms with Crippen LogP contribution in [0, 0.1) is 25.6 Å². The van der Waals surface area contributed by atoms with Crippen molar-refractivity contribution in [2.45, 2.75) is 89.1 Å². The molecule has 2 aromatic rings. The fourth-order valence-corrected chi connectivity index (χ4v) is 9.76. The minimum atomic E-state index is -3.18. The van der Waals surface area contributed by atoms with Gasteiger partial charge < -0.3 is 4.90 Å². The number of carbonyl (C=O) groups is 1. The molecule has 0 unspecified atom stereocenters. The van der Waals surface area contributed by atoms with Gasteiger partial charge in [-0.05, 0) is 89.8 Å². The van der Waals surface area contributed by atoms with E-state index in [4.69, 9.17) is 0 Å². The van der Waals surface area contributed by atoms with E-state index in [-0.39, 0.29) is 40.5 Å².